The fraction of sp³-hybridized carbons (Fsp3) is 0.333. The van der Waals surface area contributed by atoms with Gasteiger partial charge in [-0.25, -0.2) is 8.78 Å². The summed E-state index contributed by atoms with van der Waals surface area (Å²) in [7, 11) is 0. The normalized spacial score (nSPS) is 12.4. The summed E-state index contributed by atoms with van der Waals surface area (Å²) in [6.45, 7) is 6.74. The molecule has 0 aromatic heterocycles. The SMILES string of the molecule is CCCNC(C)c1ccc(-c2ccc(C)c(F)c2F)cc1. The maximum Gasteiger partial charge on any atom is 0.166 e. The highest BCUT2D eigenvalue weighted by Gasteiger charge is 2.13. The number of rotatable bonds is 5. The van der Waals surface area contributed by atoms with Gasteiger partial charge in [0.25, 0.3) is 0 Å². The second kappa shape index (κ2) is 6.81. The Bertz CT molecular complexity index is 605. The molecule has 1 N–H and O–H groups in total. The molecule has 0 bridgehead atoms. The highest BCUT2D eigenvalue weighted by molar-refractivity contribution is 5.65. The zero-order valence-electron chi connectivity index (χ0n) is 12.7. The van der Waals surface area contributed by atoms with Gasteiger partial charge in [-0.15, -0.1) is 0 Å². The maximum absolute atomic E-state index is 14.0. The molecule has 0 fully saturated rings. The van der Waals surface area contributed by atoms with Crippen molar-refractivity contribution in [2.45, 2.75) is 33.2 Å². The van der Waals surface area contributed by atoms with E-state index in [9.17, 15) is 8.78 Å². The van der Waals surface area contributed by atoms with E-state index in [0.29, 0.717) is 16.7 Å². The van der Waals surface area contributed by atoms with Gasteiger partial charge in [0, 0.05) is 11.6 Å². The van der Waals surface area contributed by atoms with Crippen LogP contribution < -0.4 is 5.32 Å². The summed E-state index contributed by atoms with van der Waals surface area (Å²) in [5, 5.41) is 3.40. The molecule has 112 valence electrons. The molecule has 0 radical (unpaired) electrons. The molecular weight excluding hydrogens is 268 g/mol. The minimum Gasteiger partial charge on any atom is -0.310 e. The monoisotopic (exact) mass is 289 g/mol. The Kier molecular flexibility index (Phi) is 5.07. The van der Waals surface area contributed by atoms with Crippen LogP contribution >= 0.6 is 0 Å². The molecule has 0 heterocycles. The summed E-state index contributed by atoms with van der Waals surface area (Å²) < 4.78 is 27.6. The van der Waals surface area contributed by atoms with Gasteiger partial charge in [-0.3, -0.25) is 0 Å². The van der Waals surface area contributed by atoms with E-state index in [1.54, 1.807) is 19.1 Å². The zero-order valence-corrected chi connectivity index (χ0v) is 12.7. The highest BCUT2D eigenvalue weighted by Crippen LogP contribution is 2.27. The summed E-state index contributed by atoms with van der Waals surface area (Å²) in [6.07, 6.45) is 1.08. The molecular formula is C18H21F2N. The van der Waals surface area contributed by atoms with Crippen molar-refractivity contribution in [2.24, 2.45) is 0 Å². The molecule has 0 saturated heterocycles. The van der Waals surface area contributed by atoms with Crippen molar-refractivity contribution in [3.63, 3.8) is 0 Å². The van der Waals surface area contributed by atoms with Gasteiger partial charge >= 0.3 is 0 Å². The van der Waals surface area contributed by atoms with E-state index in [2.05, 4.69) is 19.2 Å². The number of hydrogen-bond donors (Lipinski definition) is 1. The lowest BCUT2D eigenvalue weighted by molar-refractivity contribution is 0.505. The molecule has 1 nitrogen and oxygen atoms in total. The number of aryl methyl sites for hydroxylation is 1. The summed E-state index contributed by atoms with van der Waals surface area (Å²) in [4.78, 5) is 0. The van der Waals surface area contributed by atoms with Crippen LogP contribution in [-0.4, -0.2) is 6.54 Å². The van der Waals surface area contributed by atoms with Crippen LogP contribution in [0.4, 0.5) is 8.78 Å². The Hall–Kier alpha value is -1.74. The van der Waals surface area contributed by atoms with Gasteiger partial charge in [-0.1, -0.05) is 43.3 Å². The molecule has 21 heavy (non-hydrogen) atoms. The average Bonchev–Trinajstić information content (AvgIpc) is 2.51. The summed E-state index contributed by atoms with van der Waals surface area (Å²) in [5.41, 5.74) is 2.46. The number of halogens is 2. The van der Waals surface area contributed by atoms with Crippen LogP contribution in [0.2, 0.25) is 0 Å². The van der Waals surface area contributed by atoms with Crippen LogP contribution in [-0.2, 0) is 0 Å². The van der Waals surface area contributed by atoms with Gasteiger partial charge < -0.3 is 5.32 Å². The maximum atomic E-state index is 14.0. The van der Waals surface area contributed by atoms with Crippen molar-refractivity contribution < 1.29 is 8.78 Å². The van der Waals surface area contributed by atoms with Gasteiger partial charge in [0.2, 0.25) is 0 Å². The first-order valence-corrected chi connectivity index (χ1v) is 7.33. The van der Waals surface area contributed by atoms with Crippen molar-refractivity contribution >= 4 is 0 Å². The van der Waals surface area contributed by atoms with Crippen LogP contribution in [0.1, 0.15) is 37.4 Å². The number of hydrogen-bond acceptors (Lipinski definition) is 1. The van der Waals surface area contributed by atoms with Crippen molar-refractivity contribution in [2.75, 3.05) is 6.54 Å². The van der Waals surface area contributed by atoms with E-state index in [0.717, 1.165) is 18.5 Å². The van der Waals surface area contributed by atoms with Crippen LogP contribution in [0.15, 0.2) is 36.4 Å². The van der Waals surface area contributed by atoms with E-state index in [4.69, 9.17) is 0 Å². The molecule has 3 heteroatoms. The predicted octanol–water partition coefficient (Wildman–Crippen LogP) is 5.00. The second-order valence-corrected chi connectivity index (χ2v) is 5.36. The minimum absolute atomic E-state index is 0.249. The van der Waals surface area contributed by atoms with Crippen molar-refractivity contribution in [1.29, 1.82) is 0 Å². The lowest BCUT2D eigenvalue weighted by Gasteiger charge is -2.14. The van der Waals surface area contributed by atoms with E-state index < -0.39 is 11.6 Å². The molecule has 1 atom stereocenters. The Balaban J connectivity index is 2.25. The quantitative estimate of drug-likeness (QED) is 0.816. The largest absolute Gasteiger partial charge is 0.310 e. The van der Waals surface area contributed by atoms with E-state index in [1.807, 2.05) is 24.3 Å². The molecule has 1 unspecified atom stereocenters. The molecule has 0 aliphatic carbocycles. The van der Waals surface area contributed by atoms with Crippen LogP contribution in [0.3, 0.4) is 0 Å². The Morgan fingerprint density at radius 2 is 1.67 bits per heavy atom. The highest BCUT2D eigenvalue weighted by atomic mass is 19.2. The minimum atomic E-state index is -0.778. The number of nitrogens with one attached hydrogen (secondary N) is 1. The Morgan fingerprint density at radius 1 is 1.00 bits per heavy atom. The molecule has 2 aromatic rings. The van der Waals surface area contributed by atoms with Gasteiger partial charge in [0.1, 0.15) is 0 Å². The van der Waals surface area contributed by atoms with E-state index in [1.165, 1.54) is 0 Å². The Morgan fingerprint density at radius 3 is 2.29 bits per heavy atom. The topological polar surface area (TPSA) is 12.0 Å². The van der Waals surface area contributed by atoms with Gasteiger partial charge in [-0.2, -0.15) is 0 Å². The average molecular weight is 289 g/mol. The molecule has 0 saturated carbocycles. The van der Waals surface area contributed by atoms with Crippen LogP contribution in [0, 0.1) is 18.6 Å². The molecule has 2 aromatic carbocycles. The molecule has 0 amide bonds. The van der Waals surface area contributed by atoms with Crippen molar-refractivity contribution in [3.8, 4) is 11.1 Å². The van der Waals surface area contributed by atoms with Crippen molar-refractivity contribution in [3.05, 3.63) is 59.2 Å². The molecule has 0 spiro atoms. The van der Waals surface area contributed by atoms with E-state index >= 15 is 0 Å². The van der Waals surface area contributed by atoms with Crippen molar-refractivity contribution in [1.82, 2.24) is 5.32 Å². The van der Waals surface area contributed by atoms with Gasteiger partial charge in [0.15, 0.2) is 11.6 Å². The third-order valence-corrected chi connectivity index (χ3v) is 3.70. The first-order valence-electron chi connectivity index (χ1n) is 7.33. The fourth-order valence-corrected chi connectivity index (χ4v) is 2.30. The lowest BCUT2D eigenvalue weighted by Crippen LogP contribution is -2.19. The molecule has 0 aliphatic rings. The molecule has 0 aliphatic heterocycles. The fourth-order valence-electron chi connectivity index (χ4n) is 2.30. The number of benzene rings is 2. The Labute approximate surface area is 125 Å². The summed E-state index contributed by atoms with van der Waals surface area (Å²) in [6, 6.07) is 11.1. The first kappa shape index (κ1) is 15.6. The van der Waals surface area contributed by atoms with Crippen LogP contribution in [0.25, 0.3) is 11.1 Å². The molecule has 2 rings (SSSR count). The van der Waals surface area contributed by atoms with Gasteiger partial charge in [0.05, 0.1) is 0 Å². The standard InChI is InChI=1S/C18H21F2N/c1-4-11-21-13(3)14-6-8-15(9-7-14)16-10-5-12(2)17(19)18(16)20/h5-10,13,21H,4,11H2,1-3H3. The second-order valence-electron chi connectivity index (χ2n) is 5.36. The zero-order chi connectivity index (χ0) is 15.4. The predicted molar refractivity (Wildman–Crippen MR) is 83.2 cm³/mol. The smallest absolute Gasteiger partial charge is 0.166 e. The summed E-state index contributed by atoms with van der Waals surface area (Å²) in [5.74, 6) is -1.55. The lowest BCUT2D eigenvalue weighted by atomic mass is 9.99. The van der Waals surface area contributed by atoms with Crippen LogP contribution in [0.5, 0.6) is 0 Å². The van der Waals surface area contributed by atoms with E-state index in [-0.39, 0.29) is 6.04 Å². The van der Waals surface area contributed by atoms with Gasteiger partial charge in [-0.05, 0) is 43.5 Å². The first-order chi connectivity index (χ1) is 10.0. The third kappa shape index (κ3) is 3.48. The third-order valence-electron chi connectivity index (χ3n) is 3.70. The summed E-state index contributed by atoms with van der Waals surface area (Å²) >= 11 is 0.